The summed E-state index contributed by atoms with van der Waals surface area (Å²) in [5, 5.41) is 4.22. The molecule has 1 aliphatic heterocycles. The highest BCUT2D eigenvalue weighted by Crippen LogP contribution is 2.37. The summed E-state index contributed by atoms with van der Waals surface area (Å²) in [5.41, 5.74) is 0.158. The highest BCUT2D eigenvalue weighted by atomic mass is 35.5. The molecule has 0 atom stereocenters. The molecule has 0 spiro atoms. The van der Waals surface area contributed by atoms with Gasteiger partial charge in [0.25, 0.3) is 5.91 Å². The first-order valence-corrected chi connectivity index (χ1v) is 10.2. The summed E-state index contributed by atoms with van der Waals surface area (Å²) in [7, 11) is 1.46. The molecule has 154 valence electrons. The zero-order chi connectivity index (χ0) is 20.8. The zero-order valence-electron chi connectivity index (χ0n) is 15.5. The van der Waals surface area contributed by atoms with Crippen LogP contribution in [0.5, 0.6) is 0 Å². The van der Waals surface area contributed by atoms with Crippen LogP contribution in [0.1, 0.15) is 20.9 Å². The molecule has 0 saturated carbocycles. The molecule has 1 saturated heterocycles. The number of aryl methyl sites for hydroxylation is 1. The number of thiophene rings is 1. The fourth-order valence-electron chi connectivity index (χ4n) is 3.51. The molecule has 1 aromatic carbocycles. The first kappa shape index (κ1) is 20.2. The highest BCUT2D eigenvalue weighted by molar-refractivity contribution is 7.20. The van der Waals surface area contributed by atoms with Gasteiger partial charge in [-0.3, -0.25) is 14.4 Å². The van der Waals surface area contributed by atoms with Crippen molar-refractivity contribution in [1.29, 1.82) is 0 Å². The van der Waals surface area contributed by atoms with E-state index in [2.05, 4.69) is 10.00 Å². The van der Waals surface area contributed by atoms with E-state index in [1.165, 1.54) is 17.8 Å². The zero-order valence-corrected chi connectivity index (χ0v) is 17.1. The van der Waals surface area contributed by atoms with Gasteiger partial charge in [-0.05, 0) is 23.8 Å². The van der Waals surface area contributed by atoms with Crippen LogP contribution in [-0.4, -0.2) is 51.7 Å². The average molecular weight is 443 g/mol. The Bertz CT molecular complexity index is 1050. The summed E-state index contributed by atoms with van der Waals surface area (Å²) in [6.45, 7) is 3.18. The van der Waals surface area contributed by atoms with Crippen LogP contribution in [0.25, 0.3) is 10.2 Å². The number of piperazine rings is 1. The summed E-state index contributed by atoms with van der Waals surface area (Å²) < 4.78 is 40.7. The molecular weight excluding hydrogens is 425 g/mol. The predicted molar refractivity (Wildman–Crippen MR) is 106 cm³/mol. The van der Waals surface area contributed by atoms with Crippen molar-refractivity contribution in [2.45, 2.75) is 12.7 Å². The largest absolute Gasteiger partial charge is 0.435 e. The van der Waals surface area contributed by atoms with Gasteiger partial charge < -0.3 is 4.90 Å². The van der Waals surface area contributed by atoms with Gasteiger partial charge in [-0.1, -0.05) is 23.7 Å². The minimum Gasteiger partial charge on any atom is -0.335 e. The minimum atomic E-state index is -4.55. The molecule has 4 rings (SSSR count). The Balaban J connectivity index is 1.44. The Morgan fingerprint density at radius 3 is 2.59 bits per heavy atom. The second-order valence-corrected chi connectivity index (χ2v) is 8.46. The van der Waals surface area contributed by atoms with Crippen LogP contribution in [0.4, 0.5) is 13.2 Å². The van der Waals surface area contributed by atoms with E-state index in [9.17, 15) is 18.0 Å². The van der Waals surface area contributed by atoms with Crippen LogP contribution in [0, 0.1) is 0 Å². The van der Waals surface area contributed by atoms with Gasteiger partial charge in [-0.25, -0.2) is 0 Å². The molecule has 29 heavy (non-hydrogen) atoms. The Labute approximate surface area is 174 Å². The fourth-order valence-corrected chi connectivity index (χ4v) is 4.77. The lowest BCUT2D eigenvalue weighted by molar-refractivity contribution is -0.140. The van der Waals surface area contributed by atoms with Crippen LogP contribution in [0.3, 0.4) is 0 Å². The molecule has 0 N–H and O–H groups in total. The number of nitrogens with zero attached hydrogens (tertiary/aromatic N) is 4. The molecule has 1 amide bonds. The second-order valence-electron chi connectivity index (χ2n) is 7.00. The average Bonchev–Trinajstić information content (AvgIpc) is 3.22. The SMILES string of the molecule is Cn1nc(C(F)(F)F)c2cc(C(=O)N3CCN(Cc4cccc(Cl)c4)CC3)sc21. The van der Waals surface area contributed by atoms with Crippen LogP contribution in [-0.2, 0) is 19.8 Å². The summed E-state index contributed by atoms with van der Waals surface area (Å²) in [4.78, 5) is 17.4. The lowest BCUT2D eigenvalue weighted by Crippen LogP contribution is -2.48. The normalized spacial score (nSPS) is 16.0. The Kier molecular flexibility index (Phi) is 5.30. The molecule has 3 heterocycles. The van der Waals surface area contributed by atoms with Gasteiger partial charge in [-0.15, -0.1) is 11.3 Å². The maximum atomic E-state index is 13.2. The van der Waals surface area contributed by atoms with E-state index in [0.29, 0.717) is 40.9 Å². The summed E-state index contributed by atoms with van der Waals surface area (Å²) in [6.07, 6.45) is -4.55. The van der Waals surface area contributed by atoms with Crippen LogP contribution < -0.4 is 0 Å². The second kappa shape index (κ2) is 7.62. The van der Waals surface area contributed by atoms with Crippen molar-refractivity contribution >= 4 is 39.1 Å². The molecule has 0 radical (unpaired) electrons. The summed E-state index contributed by atoms with van der Waals surface area (Å²) >= 11 is 7.07. The number of carbonyl (C=O) groups excluding carboxylic acids is 1. The number of hydrogen-bond acceptors (Lipinski definition) is 4. The Morgan fingerprint density at radius 1 is 1.21 bits per heavy atom. The standard InChI is InChI=1S/C19H18ClF3N4OS/c1-25-18-14(16(24-25)19(21,22)23)10-15(29-18)17(28)27-7-5-26(6-8-27)11-12-3-2-4-13(20)9-12/h2-4,9-10H,5-8,11H2,1H3. The van der Waals surface area contributed by atoms with E-state index >= 15 is 0 Å². The van der Waals surface area contributed by atoms with E-state index in [1.54, 1.807) is 4.90 Å². The maximum Gasteiger partial charge on any atom is 0.435 e. The lowest BCUT2D eigenvalue weighted by Gasteiger charge is -2.34. The summed E-state index contributed by atoms with van der Waals surface area (Å²) in [6, 6.07) is 8.97. The molecule has 1 fully saturated rings. The molecule has 0 unspecified atom stereocenters. The molecule has 3 aromatic rings. The van der Waals surface area contributed by atoms with Crippen LogP contribution >= 0.6 is 22.9 Å². The molecule has 0 bridgehead atoms. The third-order valence-corrected chi connectivity index (χ3v) is 6.37. The number of rotatable bonds is 3. The quantitative estimate of drug-likeness (QED) is 0.608. The third kappa shape index (κ3) is 4.12. The van der Waals surface area contributed by atoms with E-state index in [-0.39, 0.29) is 11.3 Å². The minimum absolute atomic E-state index is 0.0204. The van der Waals surface area contributed by atoms with Gasteiger partial charge in [0, 0.05) is 50.2 Å². The van der Waals surface area contributed by atoms with Gasteiger partial charge in [0.15, 0.2) is 5.69 Å². The number of halogens is 4. The molecule has 1 aliphatic rings. The highest BCUT2D eigenvalue weighted by Gasteiger charge is 2.38. The Hall–Kier alpha value is -2.10. The van der Waals surface area contributed by atoms with E-state index < -0.39 is 11.9 Å². The number of amides is 1. The van der Waals surface area contributed by atoms with Gasteiger partial charge in [0.1, 0.15) is 4.83 Å². The molecule has 10 heteroatoms. The smallest absolute Gasteiger partial charge is 0.335 e. The van der Waals surface area contributed by atoms with Crippen molar-refractivity contribution in [3.63, 3.8) is 0 Å². The number of benzene rings is 1. The van der Waals surface area contributed by atoms with E-state index in [0.717, 1.165) is 23.4 Å². The number of carbonyl (C=O) groups is 1. The lowest BCUT2D eigenvalue weighted by atomic mass is 10.2. The third-order valence-electron chi connectivity index (χ3n) is 4.95. The van der Waals surface area contributed by atoms with Crippen molar-refractivity contribution in [1.82, 2.24) is 19.6 Å². The van der Waals surface area contributed by atoms with Crippen molar-refractivity contribution in [3.8, 4) is 0 Å². The number of alkyl halides is 3. The van der Waals surface area contributed by atoms with Gasteiger partial charge in [-0.2, -0.15) is 18.3 Å². The van der Waals surface area contributed by atoms with Gasteiger partial charge in [0.05, 0.1) is 4.88 Å². The molecule has 0 aliphatic carbocycles. The van der Waals surface area contributed by atoms with Crippen molar-refractivity contribution in [2.24, 2.45) is 7.05 Å². The van der Waals surface area contributed by atoms with Crippen molar-refractivity contribution in [2.75, 3.05) is 26.2 Å². The van der Waals surface area contributed by atoms with Crippen molar-refractivity contribution < 1.29 is 18.0 Å². The number of hydrogen-bond donors (Lipinski definition) is 0. The molecule has 2 aromatic heterocycles. The van der Waals surface area contributed by atoms with Gasteiger partial charge >= 0.3 is 6.18 Å². The molecular formula is C19H18ClF3N4OS. The Morgan fingerprint density at radius 2 is 1.93 bits per heavy atom. The fraction of sp³-hybridized carbons (Fsp3) is 0.368. The maximum absolute atomic E-state index is 13.2. The van der Waals surface area contributed by atoms with Crippen LogP contribution in [0.2, 0.25) is 5.02 Å². The monoisotopic (exact) mass is 442 g/mol. The topological polar surface area (TPSA) is 41.4 Å². The number of aromatic nitrogens is 2. The van der Waals surface area contributed by atoms with Crippen molar-refractivity contribution in [3.05, 3.63) is 51.5 Å². The first-order valence-electron chi connectivity index (χ1n) is 9.02. The van der Waals surface area contributed by atoms with E-state index in [1.807, 2.05) is 24.3 Å². The summed E-state index contributed by atoms with van der Waals surface area (Å²) in [5.74, 6) is -0.235. The van der Waals surface area contributed by atoms with Crippen LogP contribution in [0.15, 0.2) is 30.3 Å². The first-order chi connectivity index (χ1) is 13.7. The molecule has 5 nitrogen and oxygen atoms in total. The van der Waals surface area contributed by atoms with Gasteiger partial charge in [0.2, 0.25) is 0 Å². The predicted octanol–water partition coefficient (Wildman–Crippen LogP) is 4.27. The van der Waals surface area contributed by atoms with E-state index in [4.69, 9.17) is 11.6 Å². The number of fused-ring (bicyclic) bond motifs is 1.